The first-order valence-electron chi connectivity index (χ1n) is 16.4. The van der Waals surface area contributed by atoms with Gasteiger partial charge >= 0.3 is 0 Å². The normalized spacial score (nSPS) is 11.8. The van der Waals surface area contributed by atoms with Crippen LogP contribution in [0.5, 0.6) is 0 Å². The number of hydrogen-bond acceptors (Lipinski definition) is 2. The van der Waals surface area contributed by atoms with Gasteiger partial charge in [0.2, 0.25) is 0 Å². The Morgan fingerprint density at radius 2 is 0.771 bits per heavy atom. The van der Waals surface area contributed by atoms with E-state index in [1.807, 2.05) is 12.1 Å². The van der Waals surface area contributed by atoms with Gasteiger partial charge in [0.1, 0.15) is 22.5 Å². The van der Waals surface area contributed by atoms with Crippen LogP contribution >= 0.6 is 0 Å². The second-order valence-electron chi connectivity index (χ2n) is 12.4. The van der Waals surface area contributed by atoms with Crippen molar-refractivity contribution in [1.82, 2.24) is 0 Å². The monoisotopic (exact) mass is 612 g/mol. The first-order chi connectivity index (χ1) is 23.8. The SMILES string of the molecule is c1ccc(-c2ccccc2-c2c3ccccc3c(-c3oc4cc5oc6ccccc6c5cc4c3-c3ccccc3)c3ccccc23)cc1. The van der Waals surface area contributed by atoms with Crippen molar-refractivity contribution in [3.8, 4) is 44.7 Å². The standard InChI is InChI=1S/C46H28O2/c1-3-15-29(16-4-1)31-19-7-8-21-33(31)44-34-22-9-11-24-36(34)45(37-25-12-10-23-35(37)44)46-43(30-17-5-2-6-18-30)39-27-38-32-20-13-14-26-40(32)47-41(38)28-42(39)48-46/h1-28H. The molecule has 0 fully saturated rings. The van der Waals surface area contributed by atoms with Crippen LogP contribution < -0.4 is 0 Å². The maximum absolute atomic E-state index is 7.04. The summed E-state index contributed by atoms with van der Waals surface area (Å²) >= 11 is 0. The lowest BCUT2D eigenvalue weighted by molar-refractivity contribution is 0.630. The van der Waals surface area contributed by atoms with Gasteiger partial charge in [-0.15, -0.1) is 0 Å². The molecule has 2 aromatic heterocycles. The lowest BCUT2D eigenvalue weighted by Crippen LogP contribution is -1.93. The molecule has 0 aliphatic rings. The van der Waals surface area contributed by atoms with Crippen molar-refractivity contribution in [3.63, 3.8) is 0 Å². The average Bonchev–Trinajstić information content (AvgIpc) is 3.71. The quantitative estimate of drug-likeness (QED) is 0.185. The molecule has 0 aliphatic heterocycles. The molecule has 0 saturated heterocycles. The zero-order chi connectivity index (χ0) is 31.6. The summed E-state index contributed by atoms with van der Waals surface area (Å²) < 4.78 is 13.4. The highest BCUT2D eigenvalue weighted by Gasteiger charge is 2.25. The molecule has 224 valence electrons. The Kier molecular flexibility index (Phi) is 5.91. The molecule has 2 heteroatoms. The fraction of sp³-hybridized carbons (Fsp3) is 0. The third-order valence-corrected chi connectivity index (χ3v) is 9.69. The van der Waals surface area contributed by atoms with Gasteiger partial charge in [-0.05, 0) is 61.5 Å². The number of fused-ring (bicyclic) bond motifs is 6. The van der Waals surface area contributed by atoms with Crippen LogP contribution in [0.3, 0.4) is 0 Å². The van der Waals surface area contributed by atoms with Gasteiger partial charge in [0.25, 0.3) is 0 Å². The predicted molar refractivity (Wildman–Crippen MR) is 200 cm³/mol. The van der Waals surface area contributed by atoms with E-state index in [4.69, 9.17) is 8.83 Å². The Morgan fingerprint density at radius 1 is 0.271 bits per heavy atom. The van der Waals surface area contributed by atoms with E-state index in [2.05, 4.69) is 158 Å². The molecular weight excluding hydrogens is 585 g/mol. The molecule has 2 nitrogen and oxygen atoms in total. The van der Waals surface area contributed by atoms with Crippen molar-refractivity contribution < 1.29 is 8.83 Å². The van der Waals surface area contributed by atoms with Crippen LogP contribution in [-0.4, -0.2) is 0 Å². The van der Waals surface area contributed by atoms with E-state index in [9.17, 15) is 0 Å². The van der Waals surface area contributed by atoms with Crippen molar-refractivity contribution >= 4 is 54.5 Å². The first kappa shape index (κ1) is 26.8. The van der Waals surface area contributed by atoms with Crippen molar-refractivity contribution in [2.45, 2.75) is 0 Å². The molecule has 0 amide bonds. The summed E-state index contributed by atoms with van der Waals surface area (Å²) in [6.07, 6.45) is 0. The largest absolute Gasteiger partial charge is 0.456 e. The van der Waals surface area contributed by atoms with Gasteiger partial charge in [0.05, 0.1) is 0 Å². The highest BCUT2D eigenvalue weighted by atomic mass is 16.3. The van der Waals surface area contributed by atoms with Crippen molar-refractivity contribution in [1.29, 1.82) is 0 Å². The smallest absolute Gasteiger partial charge is 0.144 e. The molecule has 0 saturated carbocycles. The number of benzene rings is 8. The average molecular weight is 613 g/mol. The third kappa shape index (κ3) is 4.00. The Hall–Kier alpha value is -6.38. The molecule has 10 aromatic rings. The van der Waals surface area contributed by atoms with Crippen LogP contribution in [0.15, 0.2) is 179 Å². The predicted octanol–water partition coefficient (Wildman–Crippen LogP) is 13.3. The lowest BCUT2D eigenvalue weighted by Gasteiger charge is -2.19. The molecule has 8 aromatic carbocycles. The zero-order valence-electron chi connectivity index (χ0n) is 26.0. The minimum absolute atomic E-state index is 0.807. The van der Waals surface area contributed by atoms with Crippen molar-refractivity contribution in [2.75, 3.05) is 0 Å². The summed E-state index contributed by atoms with van der Waals surface area (Å²) in [6.45, 7) is 0. The Balaban J connectivity index is 1.34. The maximum Gasteiger partial charge on any atom is 0.144 e. The summed E-state index contributed by atoms with van der Waals surface area (Å²) in [5, 5.41) is 7.95. The minimum atomic E-state index is 0.807. The summed E-state index contributed by atoms with van der Waals surface area (Å²) in [6, 6.07) is 60.2. The highest BCUT2D eigenvalue weighted by molar-refractivity contribution is 6.24. The molecule has 0 spiro atoms. The number of rotatable bonds is 4. The molecule has 0 N–H and O–H groups in total. The van der Waals surface area contributed by atoms with Crippen LogP contribution in [0.4, 0.5) is 0 Å². The summed E-state index contributed by atoms with van der Waals surface area (Å²) in [7, 11) is 0. The van der Waals surface area contributed by atoms with E-state index in [1.54, 1.807) is 0 Å². The van der Waals surface area contributed by atoms with E-state index in [0.717, 1.165) is 66.1 Å². The van der Waals surface area contributed by atoms with Gasteiger partial charge < -0.3 is 8.83 Å². The van der Waals surface area contributed by atoms with Crippen LogP contribution in [0.2, 0.25) is 0 Å². The minimum Gasteiger partial charge on any atom is -0.456 e. The Morgan fingerprint density at radius 3 is 1.44 bits per heavy atom. The van der Waals surface area contributed by atoms with Crippen LogP contribution in [-0.2, 0) is 0 Å². The molecule has 2 heterocycles. The van der Waals surface area contributed by atoms with Gasteiger partial charge in [0.15, 0.2) is 0 Å². The first-order valence-corrected chi connectivity index (χ1v) is 16.4. The van der Waals surface area contributed by atoms with E-state index >= 15 is 0 Å². The topological polar surface area (TPSA) is 26.3 Å². The van der Waals surface area contributed by atoms with E-state index in [0.29, 0.717) is 0 Å². The number of hydrogen-bond donors (Lipinski definition) is 0. The summed E-state index contributed by atoms with van der Waals surface area (Å²) in [4.78, 5) is 0. The number of para-hydroxylation sites is 1. The maximum atomic E-state index is 7.04. The lowest BCUT2D eigenvalue weighted by atomic mass is 9.84. The van der Waals surface area contributed by atoms with Crippen molar-refractivity contribution in [3.05, 3.63) is 170 Å². The second-order valence-corrected chi connectivity index (χ2v) is 12.4. The Bertz CT molecular complexity index is 2760. The number of furan rings is 2. The van der Waals surface area contributed by atoms with Gasteiger partial charge in [-0.25, -0.2) is 0 Å². The van der Waals surface area contributed by atoms with Crippen LogP contribution in [0.25, 0.3) is 99.2 Å². The van der Waals surface area contributed by atoms with Gasteiger partial charge in [-0.3, -0.25) is 0 Å². The molecule has 0 unspecified atom stereocenters. The highest BCUT2D eigenvalue weighted by Crippen LogP contribution is 2.50. The van der Waals surface area contributed by atoms with Crippen molar-refractivity contribution in [2.24, 2.45) is 0 Å². The molecule has 0 bridgehead atoms. The summed E-state index contributed by atoms with van der Waals surface area (Å²) in [5.74, 6) is 0.864. The molecule has 0 aliphatic carbocycles. The second kappa shape index (κ2) is 10.6. The third-order valence-electron chi connectivity index (χ3n) is 9.69. The molecule has 0 atom stereocenters. The van der Waals surface area contributed by atoms with E-state index in [-0.39, 0.29) is 0 Å². The van der Waals surface area contributed by atoms with Gasteiger partial charge in [0, 0.05) is 33.4 Å². The fourth-order valence-corrected chi connectivity index (χ4v) is 7.62. The van der Waals surface area contributed by atoms with E-state index < -0.39 is 0 Å². The van der Waals surface area contributed by atoms with Crippen LogP contribution in [0, 0.1) is 0 Å². The molecule has 0 radical (unpaired) electrons. The zero-order valence-corrected chi connectivity index (χ0v) is 26.0. The Labute approximate surface area is 277 Å². The van der Waals surface area contributed by atoms with Crippen LogP contribution in [0.1, 0.15) is 0 Å². The summed E-state index contributed by atoms with van der Waals surface area (Å²) in [5.41, 5.74) is 10.7. The molecule has 10 rings (SSSR count). The fourth-order valence-electron chi connectivity index (χ4n) is 7.62. The molecular formula is C46H28O2. The van der Waals surface area contributed by atoms with Gasteiger partial charge in [-0.2, -0.15) is 0 Å². The van der Waals surface area contributed by atoms with Gasteiger partial charge in [-0.1, -0.05) is 152 Å². The molecule has 48 heavy (non-hydrogen) atoms. The van der Waals surface area contributed by atoms with E-state index in [1.165, 1.54) is 33.0 Å².